The first-order valence-electron chi connectivity index (χ1n) is 7.42. The molecule has 0 radical (unpaired) electrons. The maximum Gasteiger partial charge on any atom is 0.0598 e. The number of anilines is 1. The number of hydrogen-bond acceptors (Lipinski definition) is 4. The van der Waals surface area contributed by atoms with Crippen molar-refractivity contribution < 1.29 is 0 Å². The van der Waals surface area contributed by atoms with Crippen LogP contribution >= 0.6 is 0 Å². The number of pyridine rings is 2. The van der Waals surface area contributed by atoms with E-state index in [1.54, 1.807) is 0 Å². The van der Waals surface area contributed by atoms with Crippen LogP contribution < -0.4 is 10.2 Å². The lowest BCUT2D eigenvalue weighted by atomic mass is 10.2. The summed E-state index contributed by atoms with van der Waals surface area (Å²) >= 11 is 0. The third-order valence-corrected chi connectivity index (χ3v) is 3.22. The highest BCUT2D eigenvalue weighted by atomic mass is 15.1. The van der Waals surface area contributed by atoms with Crippen LogP contribution in [-0.2, 0) is 13.1 Å². The Kier molecular flexibility index (Phi) is 5.69. The molecule has 4 nitrogen and oxygen atoms in total. The molecular formula is C17H24N4. The first-order valence-corrected chi connectivity index (χ1v) is 7.42. The lowest BCUT2D eigenvalue weighted by Gasteiger charge is -2.19. The van der Waals surface area contributed by atoms with Crippen LogP contribution in [0.2, 0.25) is 0 Å². The number of nitrogens with zero attached hydrogens (tertiary/aromatic N) is 3. The highest BCUT2D eigenvalue weighted by Crippen LogP contribution is 2.15. The monoisotopic (exact) mass is 284 g/mol. The van der Waals surface area contributed by atoms with Crippen molar-refractivity contribution in [2.45, 2.75) is 26.9 Å². The molecule has 0 aromatic carbocycles. The van der Waals surface area contributed by atoms with E-state index in [0.717, 1.165) is 36.7 Å². The van der Waals surface area contributed by atoms with E-state index in [9.17, 15) is 0 Å². The van der Waals surface area contributed by atoms with E-state index < -0.39 is 0 Å². The predicted molar refractivity (Wildman–Crippen MR) is 87.1 cm³/mol. The fourth-order valence-corrected chi connectivity index (χ4v) is 2.11. The molecule has 2 heterocycles. The Morgan fingerprint density at radius 2 is 1.90 bits per heavy atom. The summed E-state index contributed by atoms with van der Waals surface area (Å²) in [5, 5.41) is 3.42. The van der Waals surface area contributed by atoms with Gasteiger partial charge >= 0.3 is 0 Å². The van der Waals surface area contributed by atoms with E-state index in [-0.39, 0.29) is 0 Å². The fourth-order valence-electron chi connectivity index (χ4n) is 2.11. The van der Waals surface area contributed by atoms with Gasteiger partial charge in [0.2, 0.25) is 0 Å². The third kappa shape index (κ3) is 5.16. The molecule has 0 amide bonds. The molecule has 0 atom stereocenters. The molecule has 1 N–H and O–H groups in total. The van der Waals surface area contributed by atoms with Crippen LogP contribution in [0, 0.1) is 5.92 Å². The van der Waals surface area contributed by atoms with Crippen molar-refractivity contribution in [3.05, 3.63) is 54.1 Å². The van der Waals surface area contributed by atoms with Crippen LogP contribution in [0.5, 0.6) is 0 Å². The molecule has 21 heavy (non-hydrogen) atoms. The topological polar surface area (TPSA) is 41.0 Å². The molecule has 2 aromatic rings. The van der Waals surface area contributed by atoms with Gasteiger partial charge in [0.25, 0.3) is 0 Å². The zero-order valence-corrected chi connectivity index (χ0v) is 13.1. The van der Waals surface area contributed by atoms with Gasteiger partial charge in [-0.3, -0.25) is 9.97 Å². The predicted octanol–water partition coefficient (Wildman–Crippen LogP) is 2.86. The Bertz CT molecular complexity index is 539. The molecule has 0 aliphatic carbocycles. The van der Waals surface area contributed by atoms with E-state index in [1.807, 2.05) is 36.7 Å². The fraction of sp³-hybridized carbons (Fsp3) is 0.412. The molecule has 2 aromatic heterocycles. The first kappa shape index (κ1) is 15.4. The Balaban J connectivity index is 1.96. The molecule has 4 heteroatoms. The largest absolute Gasteiger partial charge is 0.369 e. The van der Waals surface area contributed by atoms with Gasteiger partial charge in [0.15, 0.2) is 0 Å². The zero-order valence-electron chi connectivity index (χ0n) is 13.1. The number of nitrogens with one attached hydrogen (secondary N) is 1. The molecule has 0 fully saturated rings. The summed E-state index contributed by atoms with van der Waals surface area (Å²) in [6.45, 7) is 7.03. The van der Waals surface area contributed by atoms with Crippen LogP contribution in [0.4, 0.5) is 5.69 Å². The van der Waals surface area contributed by atoms with E-state index in [0.29, 0.717) is 5.92 Å². The smallest absolute Gasteiger partial charge is 0.0598 e. The third-order valence-electron chi connectivity index (χ3n) is 3.22. The molecule has 0 spiro atoms. The van der Waals surface area contributed by atoms with E-state index >= 15 is 0 Å². The van der Waals surface area contributed by atoms with Crippen LogP contribution in [0.3, 0.4) is 0 Å². The van der Waals surface area contributed by atoms with Gasteiger partial charge in [-0.05, 0) is 36.7 Å². The van der Waals surface area contributed by atoms with Crippen LogP contribution in [0.15, 0.2) is 42.7 Å². The second-order valence-electron chi connectivity index (χ2n) is 5.71. The van der Waals surface area contributed by atoms with Gasteiger partial charge in [-0.25, -0.2) is 0 Å². The summed E-state index contributed by atoms with van der Waals surface area (Å²) in [7, 11) is 2.08. The molecule has 0 saturated heterocycles. The average molecular weight is 284 g/mol. The average Bonchev–Trinajstić information content (AvgIpc) is 2.48. The first-order chi connectivity index (χ1) is 10.1. The van der Waals surface area contributed by atoms with Crippen molar-refractivity contribution in [2.24, 2.45) is 5.92 Å². The minimum atomic E-state index is 0.653. The number of rotatable bonds is 7. The van der Waals surface area contributed by atoms with Gasteiger partial charge < -0.3 is 10.2 Å². The number of aromatic nitrogens is 2. The zero-order chi connectivity index (χ0) is 15.1. The molecule has 0 unspecified atom stereocenters. The molecule has 0 aliphatic heterocycles. The van der Waals surface area contributed by atoms with Crippen molar-refractivity contribution in [3.63, 3.8) is 0 Å². The minimum Gasteiger partial charge on any atom is -0.369 e. The Morgan fingerprint density at radius 1 is 1.10 bits per heavy atom. The Hall–Kier alpha value is -1.94. The summed E-state index contributed by atoms with van der Waals surface area (Å²) in [5.74, 6) is 0.653. The normalized spacial score (nSPS) is 10.9. The molecular weight excluding hydrogens is 260 g/mol. The summed E-state index contributed by atoms with van der Waals surface area (Å²) < 4.78 is 0. The molecule has 112 valence electrons. The summed E-state index contributed by atoms with van der Waals surface area (Å²) in [5.41, 5.74) is 3.30. The van der Waals surface area contributed by atoms with E-state index in [2.05, 4.69) is 47.1 Å². The summed E-state index contributed by atoms with van der Waals surface area (Å²) in [6, 6.07) is 10.2. The highest BCUT2D eigenvalue weighted by Gasteiger charge is 2.05. The maximum atomic E-state index is 4.42. The quantitative estimate of drug-likeness (QED) is 0.849. The van der Waals surface area contributed by atoms with Crippen molar-refractivity contribution in [2.75, 3.05) is 18.5 Å². The van der Waals surface area contributed by atoms with E-state index in [4.69, 9.17) is 0 Å². The van der Waals surface area contributed by atoms with Gasteiger partial charge in [-0.2, -0.15) is 0 Å². The summed E-state index contributed by atoms with van der Waals surface area (Å²) in [4.78, 5) is 11.0. The van der Waals surface area contributed by atoms with Crippen LogP contribution in [-0.4, -0.2) is 23.6 Å². The van der Waals surface area contributed by atoms with Gasteiger partial charge in [-0.1, -0.05) is 19.9 Å². The van der Waals surface area contributed by atoms with Gasteiger partial charge in [-0.15, -0.1) is 0 Å². The molecule has 0 bridgehead atoms. The molecule has 0 saturated carbocycles. The van der Waals surface area contributed by atoms with Crippen molar-refractivity contribution >= 4 is 5.69 Å². The highest BCUT2D eigenvalue weighted by molar-refractivity contribution is 5.46. The van der Waals surface area contributed by atoms with E-state index in [1.165, 1.54) is 0 Å². The maximum absolute atomic E-state index is 4.42. The SMILES string of the molecule is CC(C)CNCc1cc(N(C)Cc2ccccn2)ccn1. The van der Waals surface area contributed by atoms with Crippen LogP contribution in [0.25, 0.3) is 0 Å². The van der Waals surface area contributed by atoms with Crippen molar-refractivity contribution in [1.29, 1.82) is 0 Å². The van der Waals surface area contributed by atoms with Gasteiger partial charge in [0.05, 0.1) is 17.9 Å². The van der Waals surface area contributed by atoms with Gasteiger partial charge in [0.1, 0.15) is 0 Å². The lowest BCUT2D eigenvalue weighted by molar-refractivity contribution is 0.548. The van der Waals surface area contributed by atoms with Crippen LogP contribution in [0.1, 0.15) is 25.2 Å². The molecule has 0 aliphatic rings. The second-order valence-corrected chi connectivity index (χ2v) is 5.71. The Labute approximate surface area is 127 Å². The summed E-state index contributed by atoms with van der Waals surface area (Å²) in [6.07, 6.45) is 3.70. The Morgan fingerprint density at radius 3 is 2.62 bits per heavy atom. The second kappa shape index (κ2) is 7.74. The molecule has 2 rings (SSSR count). The number of hydrogen-bond donors (Lipinski definition) is 1. The lowest BCUT2D eigenvalue weighted by Crippen LogP contribution is -2.21. The minimum absolute atomic E-state index is 0.653. The van der Waals surface area contributed by atoms with Gasteiger partial charge in [0, 0.05) is 31.7 Å². The standard InChI is InChI=1S/C17H24N4/c1-14(2)11-18-12-16-10-17(7-9-20-16)21(3)13-15-6-4-5-8-19-15/h4-10,14,18H,11-13H2,1-3H3. The van der Waals surface area contributed by atoms with Crippen molar-refractivity contribution in [3.8, 4) is 0 Å². The van der Waals surface area contributed by atoms with Crippen molar-refractivity contribution in [1.82, 2.24) is 15.3 Å².